The van der Waals surface area contributed by atoms with Gasteiger partial charge in [-0.15, -0.1) is 11.3 Å². The van der Waals surface area contributed by atoms with Crippen LogP contribution in [0.2, 0.25) is 5.02 Å². The number of nitrogens with zero attached hydrogens (tertiary/aromatic N) is 2. The predicted octanol–water partition coefficient (Wildman–Crippen LogP) is 3.39. The van der Waals surface area contributed by atoms with E-state index in [0.29, 0.717) is 40.2 Å². The molecule has 25 heavy (non-hydrogen) atoms. The average molecular weight is 377 g/mol. The number of benzene rings is 1. The summed E-state index contributed by atoms with van der Waals surface area (Å²) in [6.07, 6.45) is 1.57. The van der Waals surface area contributed by atoms with Crippen molar-refractivity contribution in [1.29, 1.82) is 0 Å². The molecule has 1 amide bonds. The summed E-state index contributed by atoms with van der Waals surface area (Å²) in [5, 5.41) is 9.41. The lowest BCUT2D eigenvalue weighted by atomic mass is 10.1. The first-order chi connectivity index (χ1) is 12.1. The van der Waals surface area contributed by atoms with Gasteiger partial charge < -0.3 is 15.8 Å². The van der Waals surface area contributed by atoms with Gasteiger partial charge in [-0.3, -0.25) is 9.48 Å². The average Bonchev–Trinajstić information content (AvgIpc) is 3.24. The fourth-order valence-corrected chi connectivity index (χ4v) is 3.29. The Morgan fingerprint density at radius 3 is 2.92 bits per heavy atom. The Morgan fingerprint density at radius 1 is 1.44 bits per heavy atom. The van der Waals surface area contributed by atoms with Crippen LogP contribution < -0.4 is 15.8 Å². The minimum Gasteiger partial charge on any atom is -0.492 e. The van der Waals surface area contributed by atoms with E-state index in [0.717, 1.165) is 5.56 Å². The fraction of sp³-hybridized carbons (Fsp3) is 0.176. The van der Waals surface area contributed by atoms with Crippen LogP contribution in [0.15, 0.2) is 41.9 Å². The molecule has 0 spiro atoms. The minimum atomic E-state index is -0.160. The van der Waals surface area contributed by atoms with Gasteiger partial charge in [-0.05, 0) is 29.6 Å². The highest BCUT2D eigenvalue weighted by molar-refractivity contribution is 7.12. The highest BCUT2D eigenvalue weighted by atomic mass is 35.5. The van der Waals surface area contributed by atoms with Gasteiger partial charge in [-0.2, -0.15) is 5.10 Å². The van der Waals surface area contributed by atoms with E-state index in [1.165, 1.54) is 11.3 Å². The summed E-state index contributed by atoms with van der Waals surface area (Å²) in [6.45, 7) is 0.777. The van der Waals surface area contributed by atoms with Gasteiger partial charge in [0.1, 0.15) is 12.4 Å². The SMILES string of the molecule is Cn1ncc(Cl)c1-c1cc(NC(=O)c2cccs2)ccc1OCCN. The van der Waals surface area contributed by atoms with Crippen molar-refractivity contribution in [3.8, 4) is 17.0 Å². The number of thiophene rings is 1. The van der Waals surface area contributed by atoms with Crippen molar-refractivity contribution in [1.82, 2.24) is 9.78 Å². The lowest BCUT2D eigenvalue weighted by Gasteiger charge is -2.14. The quantitative estimate of drug-likeness (QED) is 0.690. The Morgan fingerprint density at radius 2 is 2.28 bits per heavy atom. The molecule has 3 rings (SSSR count). The molecule has 2 aromatic heterocycles. The molecule has 0 aliphatic carbocycles. The van der Waals surface area contributed by atoms with Crippen LogP contribution in [0.3, 0.4) is 0 Å². The van der Waals surface area contributed by atoms with Crippen LogP contribution in [0.4, 0.5) is 5.69 Å². The molecule has 3 N–H and O–H groups in total. The van der Waals surface area contributed by atoms with Gasteiger partial charge in [0.05, 0.1) is 21.8 Å². The third-order valence-electron chi connectivity index (χ3n) is 3.51. The fourth-order valence-electron chi connectivity index (χ4n) is 2.40. The number of nitrogens with two attached hydrogens (primary N) is 1. The number of nitrogens with one attached hydrogen (secondary N) is 1. The summed E-state index contributed by atoms with van der Waals surface area (Å²) < 4.78 is 7.38. The van der Waals surface area contributed by atoms with E-state index in [9.17, 15) is 4.79 Å². The minimum absolute atomic E-state index is 0.160. The van der Waals surface area contributed by atoms with E-state index in [1.54, 1.807) is 36.1 Å². The van der Waals surface area contributed by atoms with Crippen molar-refractivity contribution in [2.24, 2.45) is 12.8 Å². The van der Waals surface area contributed by atoms with Crippen LogP contribution in [-0.4, -0.2) is 28.8 Å². The molecule has 0 atom stereocenters. The molecule has 0 unspecified atom stereocenters. The zero-order chi connectivity index (χ0) is 17.8. The highest BCUT2D eigenvalue weighted by Gasteiger charge is 2.16. The van der Waals surface area contributed by atoms with Crippen LogP contribution in [0.1, 0.15) is 9.67 Å². The number of rotatable bonds is 6. The zero-order valence-corrected chi connectivity index (χ0v) is 15.1. The van der Waals surface area contributed by atoms with E-state index in [-0.39, 0.29) is 5.91 Å². The number of anilines is 1. The second-order valence-electron chi connectivity index (χ2n) is 5.24. The normalized spacial score (nSPS) is 10.7. The maximum atomic E-state index is 12.3. The molecular weight excluding hydrogens is 360 g/mol. The maximum Gasteiger partial charge on any atom is 0.265 e. The van der Waals surface area contributed by atoms with Gasteiger partial charge >= 0.3 is 0 Å². The largest absolute Gasteiger partial charge is 0.492 e. The molecule has 0 aliphatic heterocycles. The first-order valence-corrected chi connectivity index (χ1v) is 8.85. The van der Waals surface area contributed by atoms with Gasteiger partial charge in [-0.1, -0.05) is 17.7 Å². The summed E-state index contributed by atoms with van der Waals surface area (Å²) in [5.41, 5.74) is 7.62. The Bertz CT molecular complexity index is 857. The molecule has 0 fully saturated rings. The van der Waals surface area contributed by atoms with Crippen molar-refractivity contribution in [3.05, 3.63) is 51.8 Å². The molecule has 3 aromatic rings. The number of halogens is 1. The van der Waals surface area contributed by atoms with Gasteiger partial charge in [0.2, 0.25) is 0 Å². The number of carbonyl (C=O) groups excluding carboxylic acids is 1. The number of carbonyl (C=O) groups is 1. The van der Waals surface area contributed by atoms with E-state index >= 15 is 0 Å². The van der Waals surface area contributed by atoms with Crippen molar-refractivity contribution in [3.63, 3.8) is 0 Å². The van der Waals surface area contributed by atoms with Gasteiger partial charge in [0.15, 0.2) is 0 Å². The molecule has 0 saturated heterocycles. The van der Waals surface area contributed by atoms with Gasteiger partial charge in [-0.25, -0.2) is 0 Å². The Hall–Kier alpha value is -2.35. The molecule has 0 radical (unpaired) electrons. The van der Waals surface area contributed by atoms with Gasteiger partial charge in [0.25, 0.3) is 5.91 Å². The summed E-state index contributed by atoms with van der Waals surface area (Å²) in [4.78, 5) is 12.9. The van der Waals surface area contributed by atoms with Crippen molar-refractivity contribution >= 4 is 34.5 Å². The Kier molecular flexibility index (Phi) is 5.37. The first-order valence-electron chi connectivity index (χ1n) is 7.60. The summed E-state index contributed by atoms with van der Waals surface area (Å²) in [5.74, 6) is 0.470. The van der Waals surface area contributed by atoms with Crippen molar-refractivity contribution in [2.75, 3.05) is 18.5 Å². The predicted molar refractivity (Wildman–Crippen MR) is 100 cm³/mol. The Balaban J connectivity index is 1.97. The number of hydrogen-bond acceptors (Lipinski definition) is 5. The number of hydrogen-bond donors (Lipinski definition) is 2. The summed E-state index contributed by atoms with van der Waals surface area (Å²) >= 11 is 7.66. The van der Waals surface area contributed by atoms with Crippen molar-refractivity contribution in [2.45, 2.75) is 0 Å². The van der Waals surface area contributed by atoms with E-state index in [1.807, 2.05) is 17.5 Å². The molecule has 0 bridgehead atoms. The van der Waals surface area contributed by atoms with Crippen LogP contribution in [0.25, 0.3) is 11.3 Å². The number of aryl methyl sites for hydroxylation is 1. The van der Waals surface area contributed by atoms with Crippen LogP contribution in [-0.2, 0) is 7.05 Å². The molecule has 1 aromatic carbocycles. The lowest BCUT2D eigenvalue weighted by molar-refractivity contribution is 0.103. The lowest BCUT2D eigenvalue weighted by Crippen LogP contribution is -2.12. The van der Waals surface area contributed by atoms with E-state index in [2.05, 4.69) is 10.4 Å². The molecule has 8 heteroatoms. The highest BCUT2D eigenvalue weighted by Crippen LogP contribution is 2.36. The summed E-state index contributed by atoms with van der Waals surface area (Å²) in [6, 6.07) is 9.01. The Labute approximate surface area is 154 Å². The van der Waals surface area contributed by atoms with Crippen LogP contribution in [0, 0.1) is 0 Å². The maximum absolute atomic E-state index is 12.3. The monoisotopic (exact) mass is 376 g/mol. The topological polar surface area (TPSA) is 82.2 Å². The molecule has 6 nitrogen and oxygen atoms in total. The second kappa shape index (κ2) is 7.69. The number of ether oxygens (including phenoxy) is 1. The zero-order valence-electron chi connectivity index (χ0n) is 13.5. The van der Waals surface area contributed by atoms with Crippen molar-refractivity contribution < 1.29 is 9.53 Å². The number of aromatic nitrogens is 2. The van der Waals surface area contributed by atoms with E-state index in [4.69, 9.17) is 22.1 Å². The molecule has 2 heterocycles. The van der Waals surface area contributed by atoms with Crippen LogP contribution >= 0.6 is 22.9 Å². The second-order valence-corrected chi connectivity index (χ2v) is 6.60. The molecule has 0 aliphatic rings. The third-order valence-corrected chi connectivity index (χ3v) is 4.65. The van der Waals surface area contributed by atoms with Gasteiger partial charge in [0, 0.05) is 24.8 Å². The molecule has 0 saturated carbocycles. The molecule has 130 valence electrons. The van der Waals surface area contributed by atoms with Crippen LogP contribution in [0.5, 0.6) is 5.75 Å². The molecular formula is C17H17ClN4O2S. The first kappa shape index (κ1) is 17.5. The third kappa shape index (κ3) is 3.84. The summed E-state index contributed by atoms with van der Waals surface area (Å²) in [7, 11) is 1.80. The number of amides is 1. The smallest absolute Gasteiger partial charge is 0.265 e. The standard InChI is InChI=1S/C17H17ClN4O2S/c1-22-16(13(18)10-20-22)12-9-11(4-5-14(12)24-7-6-19)21-17(23)15-3-2-8-25-15/h2-5,8-10H,6-7,19H2,1H3,(H,21,23). The van der Waals surface area contributed by atoms with E-state index < -0.39 is 0 Å².